The lowest BCUT2D eigenvalue weighted by molar-refractivity contribution is 0.0886. The van der Waals surface area contributed by atoms with Crippen molar-refractivity contribution >= 4 is 11.6 Å². The van der Waals surface area contributed by atoms with Crippen molar-refractivity contribution in [2.24, 2.45) is 0 Å². The quantitative estimate of drug-likeness (QED) is 0.817. The molecule has 0 saturated carbocycles. The van der Waals surface area contributed by atoms with Crippen LogP contribution in [0.3, 0.4) is 0 Å². The van der Waals surface area contributed by atoms with Crippen LogP contribution >= 0.6 is 0 Å². The molecule has 2 aromatic rings. The predicted octanol–water partition coefficient (Wildman–Crippen LogP) is 3.09. The molecular formula is C24H34N4O. The lowest BCUT2D eigenvalue weighted by atomic mass is 10.0. The van der Waals surface area contributed by atoms with Gasteiger partial charge in [-0.15, -0.1) is 0 Å². The summed E-state index contributed by atoms with van der Waals surface area (Å²) in [5, 5.41) is 3.19. The Hall–Kier alpha value is -2.37. The van der Waals surface area contributed by atoms with E-state index in [1.54, 1.807) is 0 Å². The number of carbonyl (C=O) groups excluding carboxylic acids is 1. The minimum Gasteiger partial charge on any atom is -0.378 e. The second-order valence-electron chi connectivity index (χ2n) is 8.35. The maximum absolute atomic E-state index is 12.8. The summed E-state index contributed by atoms with van der Waals surface area (Å²) in [6, 6.07) is 14.8. The largest absolute Gasteiger partial charge is 0.378 e. The lowest BCUT2D eigenvalue weighted by Gasteiger charge is -2.38. The van der Waals surface area contributed by atoms with Crippen molar-refractivity contribution in [3.8, 4) is 0 Å². The summed E-state index contributed by atoms with van der Waals surface area (Å²) in [6.07, 6.45) is 0. The van der Waals surface area contributed by atoms with Crippen LogP contribution in [-0.2, 0) is 0 Å². The van der Waals surface area contributed by atoms with E-state index in [2.05, 4.69) is 72.3 Å². The summed E-state index contributed by atoms with van der Waals surface area (Å²) >= 11 is 0. The van der Waals surface area contributed by atoms with Crippen LogP contribution in [0.15, 0.2) is 42.5 Å². The molecule has 1 aliphatic rings. The molecule has 5 heteroatoms. The van der Waals surface area contributed by atoms with E-state index in [0.717, 1.165) is 37.3 Å². The van der Waals surface area contributed by atoms with Crippen LogP contribution in [0.1, 0.15) is 33.1 Å². The Morgan fingerprint density at radius 2 is 1.66 bits per heavy atom. The number of carbonyl (C=O) groups is 1. The molecule has 1 amide bonds. The SMILES string of the molecule is Cc1ccc(C(=O)NC[C@H](c2ccc(N(C)C)cc2)N2CCN(C)CC2)cc1C. The number of aryl methyl sites for hydroxylation is 2. The second kappa shape index (κ2) is 9.42. The van der Waals surface area contributed by atoms with Crippen LogP contribution in [0.5, 0.6) is 0 Å². The zero-order valence-electron chi connectivity index (χ0n) is 18.4. The number of benzene rings is 2. The van der Waals surface area contributed by atoms with E-state index in [-0.39, 0.29) is 11.9 Å². The topological polar surface area (TPSA) is 38.8 Å². The van der Waals surface area contributed by atoms with Crippen LogP contribution in [0, 0.1) is 13.8 Å². The van der Waals surface area contributed by atoms with Gasteiger partial charge in [-0.05, 0) is 61.9 Å². The summed E-state index contributed by atoms with van der Waals surface area (Å²) in [5.74, 6) is -0.00265. The fourth-order valence-corrected chi connectivity index (χ4v) is 3.76. The van der Waals surface area contributed by atoms with Crippen molar-refractivity contribution in [1.82, 2.24) is 15.1 Å². The van der Waals surface area contributed by atoms with Gasteiger partial charge in [-0.1, -0.05) is 18.2 Å². The van der Waals surface area contributed by atoms with Crippen LogP contribution < -0.4 is 10.2 Å². The number of piperazine rings is 1. The summed E-state index contributed by atoms with van der Waals surface area (Å²) in [6.45, 7) is 8.85. The van der Waals surface area contributed by atoms with Gasteiger partial charge in [0.1, 0.15) is 0 Å². The Bertz CT molecular complexity index is 823. The van der Waals surface area contributed by atoms with Gasteiger partial charge < -0.3 is 15.1 Å². The molecule has 1 aliphatic heterocycles. The number of hydrogen-bond donors (Lipinski definition) is 1. The predicted molar refractivity (Wildman–Crippen MR) is 121 cm³/mol. The van der Waals surface area contributed by atoms with Crippen molar-refractivity contribution in [3.63, 3.8) is 0 Å². The van der Waals surface area contributed by atoms with E-state index < -0.39 is 0 Å². The first kappa shape index (κ1) is 21.3. The van der Waals surface area contributed by atoms with Crippen molar-refractivity contribution in [2.45, 2.75) is 19.9 Å². The molecular weight excluding hydrogens is 360 g/mol. The van der Waals surface area contributed by atoms with Gasteiger partial charge >= 0.3 is 0 Å². The number of nitrogens with one attached hydrogen (secondary N) is 1. The molecule has 1 heterocycles. The Balaban J connectivity index is 1.75. The average Bonchev–Trinajstić information content (AvgIpc) is 2.71. The van der Waals surface area contributed by atoms with E-state index in [1.807, 2.05) is 25.1 Å². The van der Waals surface area contributed by atoms with Gasteiger partial charge in [0, 0.05) is 58.1 Å². The Kier molecular flexibility index (Phi) is 6.93. The highest BCUT2D eigenvalue weighted by atomic mass is 16.1. The molecule has 1 saturated heterocycles. The van der Waals surface area contributed by atoms with Crippen LogP contribution in [0.25, 0.3) is 0 Å². The van der Waals surface area contributed by atoms with E-state index in [1.165, 1.54) is 16.8 Å². The molecule has 0 aromatic heterocycles. The number of anilines is 1. The molecule has 5 nitrogen and oxygen atoms in total. The van der Waals surface area contributed by atoms with Crippen LogP contribution in [-0.4, -0.2) is 69.6 Å². The Morgan fingerprint density at radius 1 is 1.00 bits per heavy atom. The van der Waals surface area contributed by atoms with Gasteiger partial charge in [-0.2, -0.15) is 0 Å². The summed E-state index contributed by atoms with van der Waals surface area (Å²) < 4.78 is 0. The highest BCUT2D eigenvalue weighted by molar-refractivity contribution is 5.94. The first-order chi connectivity index (χ1) is 13.8. The molecule has 1 atom stereocenters. The molecule has 1 fully saturated rings. The highest BCUT2D eigenvalue weighted by Gasteiger charge is 2.24. The van der Waals surface area contributed by atoms with E-state index >= 15 is 0 Å². The molecule has 0 bridgehead atoms. The summed E-state index contributed by atoms with van der Waals surface area (Å²) in [4.78, 5) is 19.7. The van der Waals surface area contributed by atoms with Crippen LogP contribution in [0.4, 0.5) is 5.69 Å². The highest BCUT2D eigenvalue weighted by Crippen LogP contribution is 2.24. The Labute approximate surface area is 175 Å². The average molecular weight is 395 g/mol. The van der Waals surface area contributed by atoms with E-state index in [4.69, 9.17) is 0 Å². The summed E-state index contributed by atoms with van der Waals surface area (Å²) in [7, 11) is 6.27. The number of nitrogens with zero attached hydrogens (tertiary/aromatic N) is 3. The molecule has 0 radical (unpaired) electrons. The third kappa shape index (κ3) is 5.37. The monoisotopic (exact) mass is 394 g/mol. The standard InChI is InChI=1S/C24H34N4O/c1-18-6-7-21(16-19(18)2)24(29)25-17-23(28-14-12-27(5)13-15-28)20-8-10-22(11-9-20)26(3)4/h6-11,16,23H,12-15,17H2,1-5H3,(H,25,29)/t23-/m1/s1. The Morgan fingerprint density at radius 3 is 2.24 bits per heavy atom. The molecule has 0 unspecified atom stereocenters. The lowest BCUT2D eigenvalue weighted by Crippen LogP contribution is -2.48. The third-order valence-electron chi connectivity index (χ3n) is 6.00. The number of hydrogen-bond acceptors (Lipinski definition) is 4. The zero-order valence-corrected chi connectivity index (χ0v) is 18.4. The first-order valence-electron chi connectivity index (χ1n) is 10.4. The number of rotatable bonds is 6. The van der Waals surface area contributed by atoms with Gasteiger partial charge in [0.25, 0.3) is 5.91 Å². The van der Waals surface area contributed by atoms with Crippen molar-refractivity contribution in [2.75, 3.05) is 58.8 Å². The van der Waals surface area contributed by atoms with Gasteiger partial charge in [-0.3, -0.25) is 9.69 Å². The van der Waals surface area contributed by atoms with Gasteiger partial charge in [0.05, 0.1) is 6.04 Å². The minimum atomic E-state index is -0.00265. The first-order valence-corrected chi connectivity index (χ1v) is 10.4. The van der Waals surface area contributed by atoms with E-state index in [9.17, 15) is 4.79 Å². The smallest absolute Gasteiger partial charge is 0.251 e. The minimum absolute atomic E-state index is 0.00265. The molecule has 3 rings (SSSR count). The number of likely N-dealkylation sites (N-methyl/N-ethyl adjacent to an activating group) is 1. The number of amides is 1. The molecule has 0 aliphatic carbocycles. The van der Waals surface area contributed by atoms with Crippen molar-refractivity contribution in [1.29, 1.82) is 0 Å². The second-order valence-corrected chi connectivity index (χ2v) is 8.35. The van der Waals surface area contributed by atoms with Crippen molar-refractivity contribution in [3.05, 3.63) is 64.7 Å². The molecule has 156 valence electrons. The van der Waals surface area contributed by atoms with Gasteiger partial charge in [0.2, 0.25) is 0 Å². The van der Waals surface area contributed by atoms with Gasteiger partial charge in [-0.25, -0.2) is 0 Å². The zero-order chi connectivity index (χ0) is 21.0. The van der Waals surface area contributed by atoms with E-state index in [0.29, 0.717) is 6.54 Å². The van der Waals surface area contributed by atoms with Crippen molar-refractivity contribution < 1.29 is 4.79 Å². The summed E-state index contributed by atoms with van der Waals surface area (Å²) in [5.41, 5.74) is 5.52. The molecule has 0 spiro atoms. The maximum atomic E-state index is 12.8. The maximum Gasteiger partial charge on any atom is 0.251 e. The fraction of sp³-hybridized carbons (Fsp3) is 0.458. The molecule has 2 aromatic carbocycles. The van der Waals surface area contributed by atoms with Crippen LogP contribution in [0.2, 0.25) is 0 Å². The van der Waals surface area contributed by atoms with Gasteiger partial charge in [0.15, 0.2) is 0 Å². The normalized spacial score (nSPS) is 16.4. The third-order valence-corrected chi connectivity index (χ3v) is 6.00. The molecule has 1 N–H and O–H groups in total. The molecule has 29 heavy (non-hydrogen) atoms. The fourth-order valence-electron chi connectivity index (χ4n) is 3.76.